The molecule has 0 heterocycles. The molecule has 0 saturated heterocycles. The van der Waals surface area contributed by atoms with E-state index in [0.717, 1.165) is 51.4 Å². The van der Waals surface area contributed by atoms with Crippen LogP contribution in [-0.2, 0) is 14.6 Å². The van der Waals surface area contributed by atoms with Crippen molar-refractivity contribution in [3.63, 3.8) is 0 Å². The Morgan fingerprint density at radius 3 is 2.31 bits per heavy atom. The molecule has 11 atom stereocenters. The Bertz CT molecular complexity index is 785. The van der Waals surface area contributed by atoms with Crippen LogP contribution >= 0.6 is 0 Å². The van der Waals surface area contributed by atoms with E-state index in [2.05, 4.69) is 31.9 Å². The maximum absolute atomic E-state index is 11.7. The van der Waals surface area contributed by atoms with E-state index in [-0.39, 0.29) is 35.6 Å². The van der Waals surface area contributed by atoms with Crippen molar-refractivity contribution < 1.29 is 27.4 Å². The summed E-state index contributed by atoms with van der Waals surface area (Å²) < 4.78 is 35.4. The van der Waals surface area contributed by atoms with Crippen molar-refractivity contribution in [1.82, 2.24) is 0 Å². The van der Waals surface area contributed by atoms with Crippen molar-refractivity contribution >= 4 is 10.4 Å². The number of hydrogen-bond acceptors (Lipinski definition) is 5. The minimum absolute atomic E-state index is 0.0198. The molecule has 32 heavy (non-hydrogen) atoms. The molecule has 4 fully saturated rings. The van der Waals surface area contributed by atoms with Gasteiger partial charge in [0.05, 0.1) is 18.8 Å². The number of aliphatic hydroxyl groups excluding tert-OH is 2. The summed E-state index contributed by atoms with van der Waals surface area (Å²) in [5.74, 6) is 2.78. The van der Waals surface area contributed by atoms with Crippen molar-refractivity contribution in [2.75, 3.05) is 6.61 Å². The zero-order valence-corrected chi connectivity index (χ0v) is 21.1. The molecule has 7 heteroatoms. The van der Waals surface area contributed by atoms with Crippen LogP contribution in [0.4, 0.5) is 0 Å². The zero-order valence-electron chi connectivity index (χ0n) is 20.2. The van der Waals surface area contributed by atoms with Gasteiger partial charge in [0, 0.05) is 0 Å². The summed E-state index contributed by atoms with van der Waals surface area (Å²) in [6, 6.07) is 0. The van der Waals surface area contributed by atoms with Gasteiger partial charge in [-0.25, -0.2) is 4.18 Å². The second-order valence-electron chi connectivity index (χ2n) is 12.1. The van der Waals surface area contributed by atoms with Gasteiger partial charge in [-0.15, -0.1) is 0 Å². The standard InChI is InChI=1S/C25H44O6S/c1-5-17-21-14-16(26)8-11-25(21,4)20-9-12-24(3)18(6-7-19(24)22(20)23(17)27)15(2)10-13-31-32(28,29)30/h15-23,26-27H,5-14H2,1-4H3,(H,28,29,30)/t15-,16-,17-,18-,19+,20+,21?,22+,23-,24-,25-/m1/s1. The highest BCUT2D eigenvalue weighted by atomic mass is 32.3. The van der Waals surface area contributed by atoms with Crippen molar-refractivity contribution in [3.8, 4) is 0 Å². The first-order chi connectivity index (χ1) is 14.9. The van der Waals surface area contributed by atoms with E-state index < -0.39 is 10.4 Å². The summed E-state index contributed by atoms with van der Waals surface area (Å²) in [4.78, 5) is 0. The Labute approximate surface area is 194 Å². The first kappa shape index (κ1) is 24.9. The van der Waals surface area contributed by atoms with Crippen molar-refractivity contribution in [1.29, 1.82) is 0 Å². The molecule has 1 unspecified atom stereocenters. The second kappa shape index (κ2) is 8.78. The van der Waals surface area contributed by atoms with Crippen LogP contribution in [0.3, 0.4) is 0 Å². The van der Waals surface area contributed by atoms with Crippen LogP contribution in [0.25, 0.3) is 0 Å². The van der Waals surface area contributed by atoms with Crippen LogP contribution < -0.4 is 0 Å². The summed E-state index contributed by atoms with van der Waals surface area (Å²) in [6.07, 6.45) is 8.38. The fraction of sp³-hybridized carbons (Fsp3) is 1.00. The van der Waals surface area contributed by atoms with Crippen LogP contribution in [0, 0.1) is 52.3 Å². The van der Waals surface area contributed by atoms with E-state index in [1.807, 2.05) is 0 Å². The van der Waals surface area contributed by atoms with E-state index in [9.17, 15) is 18.6 Å². The topological polar surface area (TPSA) is 104 Å². The van der Waals surface area contributed by atoms with Crippen LogP contribution in [-0.4, -0.2) is 42.0 Å². The SMILES string of the molecule is CC[C@@H]1C2C[C@H](O)CC[C@]2(C)[C@H]2CC[C@]3(C)[C@@H]([C@H](C)CCOS(=O)(=O)O)CC[C@H]3[C@@H]2[C@@H]1O. The molecule has 186 valence electrons. The first-order valence-corrected chi connectivity index (χ1v) is 14.3. The molecule has 6 nitrogen and oxygen atoms in total. The molecular weight excluding hydrogens is 428 g/mol. The van der Waals surface area contributed by atoms with Gasteiger partial charge in [-0.2, -0.15) is 8.42 Å². The lowest BCUT2D eigenvalue weighted by Crippen LogP contribution is -2.62. The number of aliphatic hydroxyl groups is 2. The van der Waals surface area contributed by atoms with Crippen LogP contribution in [0.15, 0.2) is 0 Å². The van der Waals surface area contributed by atoms with Gasteiger partial charge in [-0.1, -0.05) is 34.1 Å². The van der Waals surface area contributed by atoms with Crippen LogP contribution in [0.5, 0.6) is 0 Å². The molecule has 4 saturated carbocycles. The molecule has 0 aromatic rings. The molecule has 3 N–H and O–H groups in total. The van der Waals surface area contributed by atoms with Gasteiger partial charge < -0.3 is 10.2 Å². The average Bonchev–Trinajstić information content (AvgIpc) is 3.06. The van der Waals surface area contributed by atoms with Crippen molar-refractivity contribution in [2.45, 2.75) is 97.7 Å². The third kappa shape index (κ3) is 4.08. The molecule has 4 rings (SSSR count). The van der Waals surface area contributed by atoms with Gasteiger partial charge in [0.15, 0.2) is 0 Å². The molecule has 0 radical (unpaired) electrons. The maximum atomic E-state index is 11.7. The molecule has 0 spiro atoms. The quantitative estimate of drug-likeness (QED) is 0.493. The zero-order chi connectivity index (χ0) is 23.5. The van der Waals surface area contributed by atoms with E-state index in [0.29, 0.717) is 41.9 Å². The van der Waals surface area contributed by atoms with Gasteiger partial charge >= 0.3 is 10.4 Å². The van der Waals surface area contributed by atoms with Crippen LogP contribution in [0.2, 0.25) is 0 Å². The first-order valence-electron chi connectivity index (χ1n) is 12.9. The lowest BCUT2D eigenvalue weighted by atomic mass is 9.41. The van der Waals surface area contributed by atoms with E-state index >= 15 is 0 Å². The van der Waals surface area contributed by atoms with Gasteiger partial charge in [0.25, 0.3) is 0 Å². The molecule has 0 aromatic carbocycles. The van der Waals surface area contributed by atoms with E-state index in [1.165, 1.54) is 0 Å². The molecule has 0 bridgehead atoms. The minimum Gasteiger partial charge on any atom is -0.393 e. The Kier molecular flexibility index (Phi) is 6.83. The fourth-order valence-electron chi connectivity index (χ4n) is 9.47. The van der Waals surface area contributed by atoms with Gasteiger partial charge in [-0.05, 0) is 104 Å². The Morgan fingerprint density at radius 2 is 1.66 bits per heavy atom. The Balaban J connectivity index is 1.56. The van der Waals surface area contributed by atoms with Gasteiger partial charge in [0.2, 0.25) is 0 Å². The summed E-state index contributed by atoms with van der Waals surface area (Å²) >= 11 is 0. The largest absolute Gasteiger partial charge is 0.397 e. The summed E-state index contributed by atoms with van der Waals surface area (Å²) in [5.41, 5.74) is 0.355. The molecular formula is C25H44O6S. The number of rotatable bonds is 6. The summed E-state index contributed by atoms with van der Waals surface area (Å²) in [5, 5.41) is 22.1. The normalized spacial score (nSPS) is 49.7. The highest BCUT2D eigenvalue weighted by molar-refractivity contribution is 7.80. The third-order valence-corrected chi connectivity index (χ3v) is 11.4. The second-order valence-corrected chi connectivity index (χ2v) is 13.2. The predicted molar refractivity (Wildman–Crippen MR) is 123 cm³/mol. The Hall–Kier alpha value is -0.210. The summed E-state index contributed by atoms with van der Waals surface area (Å²) in [6.45, 7) is 9.28. The summed E-state index contributed by atoms with van der Waals surface area (Å²) in [7, 11) is -4.39. The van der Waals surface area contributed by atoms with Gasteiger partial charge in [-0.3, -0.25) is 4.55 Å². The lowest BCUT2D eigenvalue weighted by Gasteiger charge is -2.64. The highest BCUT2D eigenvalue weighted by Gasteiger charge is 2.64. The fourth-order valence-corrected chi connectivity index (χ4v) is 9.78. The van der Waals surface area contributed by atoms with Crippen molar-refractivity contribution in [3.05, 3.63) is 0 Å². The Morgan fingerprint density at radius 1 is 1.00 bits per heavy atom. The number of fused-ring (bicyclic) bond motifs is 5. The molecule has 4 aliphatic rings. The number of hydrogen-bond donors (Lipinski definition) is 3. The maximum Gasteiger partial charge on any atom is 0.397 e. The monoisotopic (exact) mass is 472 g/mol. The van der Waals surface area contributed by atoms with E-state index in [4.69, 9.17) is 4.55 Å². The van der Waals surface area contributed by atoms with E-state index in [1.54, 1.807) is 0 Å². The average molecular weight is 473 g/mol. The molecule has 4 aliphatic carbocycles. The smallest absolute Gasteiger partial charge is 0.393 e. The molecule has 0 aliphatic heterocycles. The van der Waals surface area contributed by atoms with Crippen molar-refractivity contribution in [2.24, 2.45) is 52.3 Å². The third-order valence-electron chi connectivity index (χ3n) is 11.0. The minimum atomic E-state index is -4.39. The highest BCUT2D eigenvalue weighted by Crippen LogP contribution is 2.69. The predicted octanol–water partition coefficient (Wildman–Crippen LogP) is 4.46. The molecule has 0 amide bonds. The van der Waals surface area contributed by atoms with Crippen LogP contribution in [0.1, 0.15) is 85.5 Å². The lowest BCUT2D eigenvalue weighted by molar-refractivity contribution is -0.203. The molecule has 0 aromatic heterocycles. The van der Waals surface area contributed by atoms with Gasteiger partial charge in [0.1, 0.15) is 0 Å².